The minimum atomic E-state index is -0.542. The molecule has 0 spiro atoms. The molecule has 96 valence electrons. The Hall–Kier alpha value is -0.220. The number of likely N-dealkylation sites (N-methyl/N-ethyl adjacent to an activating group) is 1. The average molecular weight is 247 g/mol. The molecule has 0 aliphatic heterocycles. The standard InChI is InChI=1S/C12H25NO2S/c1-6-15-11(14)12(4,13-5)7-8-16-9-10(2)3/h10,13H,6-9H2,1-5H3. The fourth-order valence-electron chi connectivity index (χ4n) is 1.21. The minimum Gasteiger partial charge on any atom is -0.465 e. The van der Waals surface area contributed by atoms with Crippen molar-refractivity contribution in [1.29, 1.82) is 0 Å². The quantitative estimate of drug-likeness (QED) is 0.528. The summed E-state index contributed by atoms with van der Waals surface area (Å²) >= 11 is 1.89. The van der Waals surface area contributed by atoms with Crippen molar-refractivity contribution in [1.82, 2.24) is 5.32 Å². The first-order chi connectivity index (χ1) is 7.46. The zero-order valence-corrected chi connectivity index (χ0v) is 11.9. The maximum absolute atomic E-state index is 11.7. The number of hydrogen-bond acceptors (Lipinski definition) is 4. The third kappa shape index (κ3) is 5.75. The maximum atomic E-state index is 11.7. The molecule has 0 aromatic rings. The lowest BCUT2D eigenvalue weighted by atomic mass is 10.00. The summed E-state index contributed by atoms with van der Waals surface area (Å²) in [6.07, 6.45) is 0.805. The van der Waals surface area contributed by atoms with E-state index in [1.807, 2.05) is 32.7 Å². The minimum absolute atomic E-state index is 0.150. The number of carbonyl (C=O) groups is 1. The van der Waals surface area contributed by atoms with Gasteiger partial charge in [-0.05, 0) is 44.7 Å². The predicted molar refractivity (Wildman–Crippen MR) is 70.9 cm³/mol. The molecule has 4 heteroatoms. The highest BCUT2D eigenvalue weighted by Gasteiger charge is 2.32. The summed E-state index contributed by atoms with van der Waals surface area (Å²) in [5.41, 5.74) is -0.542. The van der Waals surface area contributed by atoms with E-state index in [4.69, 9.17) is 4.74 Å². The summed E-state index contributed by atoms with van der Waals surface area (Å²) in [5, 5.41) is 3.06. The first kappa shape index (κ1) is 15.8. The molecule has 0 rings (SSSR count). The Kier molecular flexibility index (Phi) is 7.85. The van der Waals surface area contributed by atoms with Gasteiger partial charge in [-0.1, -0.05) is 13.8 Å². The van der Waals surface area contributed by atoms with Crippen LogP contribution in [0.4, 0.5) is 0 Å². The van der Waals surface area contributed by atoms with Crippen LogP contribution in [0.25, 0.3) is 0 Å². The van der Waals surface area contributed by atoms with Crippen LogP contribution in [0, 0.1) is 5.92 Å². The van der Waals surface area contributed by atoms with Crippen LogP contribution in [-0.4, -0.2) is 36.7 Å². The first-order valence-corrected chi connectivity index (χ1v) is 7.05. The van der Waals surface area contributed by atoms with E-state index in [0.717, 1.165) is 17.9 Å². The van der Waals surface area contributed by atoms with Crippen molar-refractivity contribution in [2.75, 3.05) is 25.2 Å². The molecule has 0 amide bonds. The fourth-order valence-corrected chi connectivity index (χ4v) is 2.41. The van der Waals surface area contributed by atoms with Crippen molar-refractivity contribution >= 4 is 17.7 Å². The van der Waals surface area contributed by atoms with Gasteiger partial charge in [-0.15, -0.1) is 0 Å². The number of carbonyl (C=O) groups excluding carboxylic acids is 1. The third-order valence-electron chi connectivity index (χ3n) is 2.48. The van der Waals surface area contributed by atoms with Crippen LogP contribution in [0.3, 0.4) is 0 Å². The third-order valence-corrected chi connectivity index (χ3v) is 3.87. The van der Waals surface area contributed by atoms with Crippen molar-refractivity contribution in [2.45, 2.75) is 39.7 Å². The Morgan fingerprint density at radius 2 is 2.12 bits per heavy atom. The second kappa shape index (κ2) is 7.96. The lowest BCUT2D eigenvalue weighted by molar-refractivity contribution is -0.150. The van der Waals surface area contributed by atoms with Gasteiger partial charge in [-0.3, -0.25) is 4.79 Å². The van der Waals surface area contributed by atoms with E-state index in [-0.39, 0.29) is 5.97 Å². The number of thioether (sulfide) groups is 1. The van der Waals surface area contributed by atoms with Gasteiger partial charge in [0.25, 0.3) is 0 Å². The SMILES string of the molecule is CCOC(=O)C(C)(CCSCC(C)C)NC. The van der Waals surface area contributed by atoms with Gasteiger partial charge in [0.15, 0.2) is 0 Å². The molecule has 0 radical (unpaired) electrons. The molecule has 0 aliphatic carbocycles. The Morgan fingerprint density at radius 3 is 2.56 bits per heavy atom. The van der Waals surface area contributed by atoms with Crippen molar-refractivity contribution < 1.29 is 9.53 Å². The molecule has 0 bridgehead atoms. The molecule has 16 heavy (non-hydrogen) atoms. The molecule has 1 unspecified atom stereocenters. The topological polar surface area (TPSA) is 38.3 Å². The molecule has 1 N–H and O–H groups in total. The van der Waals surface area contributed by atoms with Crippen molar-refractivity contribution in [3.8, 4) is 0 Å². The van der Waals surface area contributed by atoms with E-state index in [0.29, 0.717) is 12.5 Å². The Labute approximate surface area is 104 Å². The molecule has 0 aromatic carbocycles. The Balaban J connectivity index is 4.01. The molecule has 1 atom stereocenters. The van der Waals surface area contributed by atoms with Gasteiger partial charge in [0, 0.05) is 0 Å². The van der Waals surface area contributed by atoms with Gasteiger partial charge in [-0.25, -0.2) is 0 Å². The van der Waals surface area contributed by atoms with Crippen LogP contribution >= 0.6 is 11.8 Å². The van der Waals surface area contributed by atoms with Crippen LogP contribution in [0.2, 0.25) is 0 Å². The van der Waals surface area contributed by atoms with Gasteiger partial charge < -0.3 is 10.1 Å². The largest absolute Gasteiger partial charge is 0.465 e. The van der Waals surface area contributed by atoms with E-state index >= 15 is 0 Å². The van der Waals surface area contributed by atoms with Gasteiger partial charge in [0.05, 0.1) is 6.61 Å². The molecule has 0 saturated carbocycles. The molecule has 0 heterocycles. The molecule has 0 fully saturated rings. The molecule has 0 saturated heterocycles. The number of rotatable bonds is 8. The van der Waals surface area contributed by atoms with Gasteiger partial charge in [0.1, 0.15) is 5.54 Å². The summed E-state index contributed by atoms with van der Waals surface area (Å²) in [7, 11) is 1.81. The summed E-state index contributed by atoms with van der Waals surface area (Å²) in [6, 6.07) is 0. The van der Waals surface area contributed by atoms with Crippen LogP contribution in [0.15, 0.2) is 0 Å². The lowest BCUT2D eigenvalue weighted by Crippen LogP contribution is -2.49. The maximum Gasteiger partial charge on any atom is 0.326 e. The van der Waals surface area contributed by atoms with Gasteiger partial charge >= 0.3 is 5.97 Å². The number of ether oxygens (including phenoxy) is 1. The van der Waals surface area contributed by atoms with Crippen molar-refractivity contribution in [2.24, 2.45) is 5.92 Å². The summed E-state index contributed by atoms with van der Waals surface area (Å²) in [6.45, 7) is 8.59. The second-order valence-electron chi connectivity index (χ2n) is 4.52. The van der Waals surface area contributed by atoms with E-state index in [9.17, 15) is 4.79 Å². The smallest absolute Gasteiger partial charge is 0.326 e. The number of hydrogen-bond donors (Lipinski definition) is 1. The van der Waals surface area contributed by atoms with Crippen LogP contribution in [0.5, 0.6) is 0 Å². The second-order valence-corrected chi connectivity index (χ2v) is 5.67. The average Bonchev–Trinajstić information content (AvgIpc) is 2.24. The Morgan fingerprint density at radius 1 is 1.50 bits per heavy atom. The molecular formula is C12H25NO2S. The molecular weight excluding hydrogens is 222 g/mol. The highest BCUT2D eigenvalue weighted by Crippen LogP contribution is 2.17. The van der Waals surface area contributed by atoms with Crippen LogP contribution < -0.4 is 5.32 Å². The highest BCUT2D eigenvalue weighted by molar-refractivity contribution is 7.99. The molecule has 0 aliphatic rings. The monoisotopic (exact) mass is 247 g/mol. The van der Waals surface area contributed by atoms with Crippen LogP contribution in [0.1, 0.15) is 34.1 Å². The summed E-state index contributed by atoms with van der Waals surface area (Å²) in [4.78, 5) is 11.7. The summed E-state index contributed by atoms with van der Waals surface area (Å²) in [5.74, 6) is 2.67. The fraction of sp³-hybridized carbons (Fsp3) is 0.917. The zero-order valence-electron chi connectivity index (χ0n) is 11.1. The Bertz CT molecular complexity index is 209. The van der Waals surface area contributed by atoms with E-state index in [1.165, 1.54) is 0 Å². The molecule has 3 nitrogen and oxygen atoms in total. The first-order valence-electron chi connectivity index (χ1n) is 5.90. The number of esters is 1. The summed E-state index contributed by atoms with van der Waals surface area (Å²) < 4.78 is 5.07. The van der Waals surface area contributed by atoms with Gasteiger partial charge in [0.2, 0.25) is 0 Å². The number of nitrogens with one attached hydrogen (secondary N) is 1. The van der Waals surface area contributed by atoms with Gasteiger partial charge in [-0.2, -0.15) is 11.8 Å². The van der Waals surface area contributed by atoms with E-state index in [1.54, 1.807) is 0 Å². The highest BCUT2D eigenvalue weighted by atomic mass is 32.2. The lowest BCUT2D eigenvalue weighted by Gasteiger charge is -2.26. The van der Waals surface area contributed by atoms with Crippen molar-refractivity contribution in [3.63, 3.8) is 0 Å². The van der Waals surface area contributed by atoms with Crippen molar-refractivity contribution in [3.05, 3.63) is 0 Å². The molecule has 0 aromatic heterocycles. The van der Waals surface area contributed by atoms with E-state index < -0.39 is 5.54 Å². The van der Waals surface area contributed by atoms with E-state index in [2.05, 4.69) is 19.2 Å². The zero-order chi connectivity index (χ0) is 12.6. The predicted octanol–water partition coefficient (Wildman–Crippen LogP) is 2.31. The van der Waals surface area contributed by atoms with Crippen LogP contribution in [-0.2, 0) is 9.53 Å². The normalized spacial score (nSPS) is 14.9.